The van der Waals surface area contributed by atoms with Crippen molar-refractivity contribution in [2.24, 2.45) is 0 Å². The molecular weight excluding hydrogens is 186 g/mol. The van der Waals surface area contributed by atoms with Crippen molar-refractivity contribution in [3.8, 4) is 0 Å². The smallest absolute Gasteiger partial charge is 0.0918 e. The molecule has 1 aliphatic heterocycles. The second kappa shape index (κ2) is 3.24. The number of hydrogen-bond acceptors (Lipinski definition) is 2. The highest BCUT2D eigenvalue weighted by atomic mass is 16.3. The van der Waals surface area contributed by atoms with Gasteiger partial charge in [0.25, 0.3) is 0 Å². The van der Waals surface area contributed by atoms with Crippen molar-refractivity contribution >= 4 is 5.69 Å². The third kappa shape index (κ3) is 1.53. The number of rotatable bonds is 2. The summed E-state index contributed by atoms with van der Waals surface area (Å²) in [4.78, 5) is 2.41. The van der Waals surface area contributed by atoms with E-state index in [1.165, 1.54) is 18.5 Å². The molecule has 0 aromatic heterocycles. The summed E-state index contributed by atoms with van der Waals surface area (Å²) in [5.74, 6) is 0. The first-order chi connectivity index (χ1) is 7.30. The van der Waals surface area contributed by atoms with E-state index in [4.69, 9.17) is 0 Å². The number of anilines is 1. The van der Waals surface area contributed by atoms with Gasteiger partial charge in [-0.05, 0) is 31.7 Å². The van der Waals surface area contributed by atoms with Gasteiger partial charge in [-0.25, -0.2) is 0 Å². The van der Waals surface area contributed by atoms with Gasteiger partial charge in [0.2, 0.25) is 0 Å². The van der Waals surface area contributed by atoms with Crippen LogP contribution < -0.4 is 4.90 Å². The quantitative estimate of drug-likeness (QED) is 0.797. The van der Waals surface area contributed by atoms with E-state index >= 15 is 0 Å². The lowest BCUT2D eigenvalue weighted by Gasteiger charge is -2.23. The molecule has 1 heterocycles. The van der Waals surface area contributed by atoms with Crippen LogP contribution in [0.15, 0.2) is 24.3 Å². The second-order valence-corrected chi connectivity index (χ2v) is 4.74. The van der Waals surface area contributed by atoms with E-state index in [1.807, 2.05) is 6.07 Å². The second-order valence-electron chi connectivity index (χ2n) is 4.74. The van der Waals surface area contributed by atoms with Crippen LogP contribution in [0, 0.1) is 0 Å². The minimum absolute atomic E-state index is 0.501. The molecule has 2 aliphatic rings. The molecule has 0 amide bonds. The third-order valence-electron chi connectivity index (χ3n) is 3.58. The predicted octanol–water partition coefficient (Wildman–Crippen LogP) is 2.27. The van der Waals surface area contributed by atoms with E-state index in [-0.39, 0.29) is 0 Å². The zero-order valence-corrected chi connectivity index (χ0v) is 8.95. The van der Waals surface area contributed by atoms with Crippen LogP contribution in [-0.2, 0) is 5.60 Å². The molecule has 3 rings (SSSR count). The van der Waals surface area contributed by atoms with Gasteiger partial charge < -0.3 is 10.0 Å². The molecule has 2 heteroatoms. The van der Waals surface area contributed by atoms with E-state index in [1.54, 1.807) is 0 Å². The maximum Gasteiger partial charge on any atom is 0.0918 e. The Morgan fingerprint density at radius 3 is 2.40 bits per heavy atom. The van der Waals surface area contributed by atoms with Gasteiger partial charge in [-0.15, -0.1) is 0 Å². The molecular formula is C13H17NO. The fourth-order valence-corrected chi connectivity index (χ4v) is 2.49. The van der Waals surface area contributed by atoms with E-state index in [0.717, 1.165) is 31.5 Å². The first-order valence-electron chi connectivity index (χ1n) is 5.86. The Hall–Kier alpha value is -1.02. The lowest BCUT2D eigenvalue weighted by atomic mass is 10.0. The summed E-state index contributed by atoms with van der Waals surface area (Å²) in [5, 5.41) is 10.2. The van der Waals surface area contributed by atoms with Crippen molar-refractivity contribution < 1.29 is 5.11 Å². The molecule has 1 aromatic rings. The van der Waals surface area contributed by atoms with Gasteiger partial charge in [-0.2, -0.15) is 0 Å². The van der Waals surface area contributed by atoms with Gasteiger partial charge in [-0.1, -0.05) is 18.2 Å². The SMILES string of the molecule is OC1(c2ccccc2N2CCCC2)CC1. The highest BCUT2D eigenvalue weighted by Gasteiger charge is 2.44. The molecule has 0 radical (unpaired) electrons. The summed E-state index contributed by atoms with van der Waals surface area (Å²) in [6, 6.07) is 8.34. The standard InChI is InChI=1S/C13H17NO/c15-13(7-8-13)11-5-1-2-6-12(11)14-9-3-4-10-14/h1-2,5-6,15H,3-4,7-10H2. The Balaban J connectivity index is 1.98. The van der Waals surface area contributed by atoms with Gasteiger partial charge in [0.15, 0.2) is 0 Å². The highest BCUT2D eigenvalue weighted by molar-refractivity contribution is 5.58. The monoisotopic (exact) mass is 203 g/mol. The summed E-state index contributed by atoms with van der Waals surface area (Å²) in [6.45, 7) is 2.29. The van der Waals surface area contributed by atoms with Crippen molar-refractivity contribution in [2.75, 3.05) is 18.0 Å². The number of para-hydroxylation sites is 1. The zero-order chi connectivity index (χ0) is 10.3. The molecule has 1 N–H and O–H groups in total. The summed E-state index contributed by atoms with van der Waals surface area (Å²) in [6.07, 6.45) is 4.43. The highest BCUT2D eigenvalue weighted by Crippen LogP contribution is 2.48. The van der Waals surface area contributed by atoms with E-state index in [2.05, 4.69) is 23.1 Å². The van der Waals surface area contributed by atoms with Crippen molar-refractivity contribution in [1.29, 1.82) is 0 Å². The summed E-state index contributed by atoms with van der Waals surface area (Å²) in [5.41, 5.74) is 1.90. The topological polar surface area (TPSA) is 23.5 Å². The van der Waals surface area contributed by atoms with E-state index < -0.39 is 5.60 Å². The van der Waals surface area contributed by atoms with Crippen molar-refractivity contribution in [2.45, 2.75) is 31.3 Å². The van der Waals surface area contributed by atoms with Crippen LogP contribution in [0.3, 0.4) is 0 Å². The Bertz CT molecular complexity index is 365. The average Bonchev–Trinajstić information content (AvgIpc) is 2.84. The zero-order valence-electron chi connectivity index (χ0n) is 8.95. The molecule has 80 valence electrons. The third-order valence-corrected chi connectivity index (χ3v) is 3.58. The van der Waals surface area contributed by atoms with Crippen LogP contribution >= 0.6 is 0 Å². The van der Waals surface area contributed by atoms with Gasteiger partial charge in [0.1, 0.15) is 0 Å². The minimum atomic E-state index is -0.501. The van der Waals surface area contributed by atoms with Crippen LogP contribution in [0.1, 0.15) is 31.2 Å². The summed E-state index contributed by atoms with van der Waals surface area (Å²) in [7, 11) is 0. The maximum absolute atomic E-state index is 10.2. The van der Waals surface area contributed by atoms with Gasteiger partial charge in [-0.3, -0.25) is 0 Å². The molecule has 1 aliphatic carbocycles. The lowest BCUT2D eigenvalue weighted by molar-refractivity contribution is 0.152. The Labute approximate surface area is 90.5 Å². The largest absolute Gasteiger partial charge is 0.385 e. The van der Waals surface area contributed by atoms with Gasteiger partial charge in [0, 0.05) is 24.3 Å². The minimum Gasteiger partial charge on any atom is -0.385 e. The molecule has 0 atom stereocenters. The Morgan fingerprint density at radius 2 is 1.73 bits per heavy atom. The molecule has 0 bridgehead atoms. The van der Waals surface area contributed by atoms with Gasteiger partial charge >= 0.3 is 0 Å². The Kier molecular flexibility index (Phi) is 1.99. The normalized spacial score (nSPS) is 23.1. The fourth-order valence-electron chi connectivity index (χ4n) is 2.49. The molecule has 1 saturated carbocycles. The number of hydrogen-bond donors (Lipinski definition) is 1. The first kappa shape index (κ1) is 9.22. The van der Waals surface area contributed by atoms with Crippen molar-refractivity contribution in [1.82, 2.24) is 0 Å². The predicted molar refractivity (Wildman–Crippen MR) is 61.0 cm³/mol. The number of nitrogens with zero attached hydrogens (tertiary/aromatic N) is 1. The fraction of sp³-hybridized carbons (Fsp3) is 0.538. The van der Waals surface area contributed by atoms with Crippen LogP contribution in [0.4, 0.5) is 5.69 Å². The molecule has 0 spiro atoms. The lowest BCUT2D eigenvalue weighted by Crippen LogP contribution is -2.21. The van der Waals surface area contributed by atoms with Crippen molar-refractivity contribution in [3.05, 3.63) is 29.8 Å². The maximum atomic E-state index is 10.2. The number of aliphatic hydroxyl groups is 1. The van der Waals surface area contributed by atoms with E-state index in [0.29, 0.717) is 0 Å². The van der Waals surface area contributed by atoms with Crippen LogP contribution in [-0.4, -0.2) is 18.2 Å². The Morgan fingerprint density at radius 1 is 1.07 bits per heavy atom. The summed E-state index contributed by atoms with van der Waals surface area (Å²) >= 11 is 0. The van der Waals surface area contributed by atoms with E-state index in [9.17, 15) is 5.11 Å². The number of benzene rings is 1. The molecule has 2 fully saturated rings. The molecule has 15 heavy (non-hydrogen) atoms. The van der Waals surface area contributed by atoms with Crippen LogP contribution in [0.2, 0.25) is 0 Å². The average molecular weight is 203 g/mol. The van der Waals surface area contributed by atoms with Crippen LogP contribution in [0.25, 0.3) is 0 Å². The molecule has 0 unspecified atom stereocenters. The van der Waals surface area contributed by atoms with Gasteiger partial charge in [0.05, 0.1) is 5.60 Å². The van der Waals surface area contributed by atoms with Crippen molar-refractivity contribution in [3.63, 3.8) is 0 Å². The molecule has 2 nitrogen and oxygen atoms in total. The molecule has 1 aromatic carbocycles. The first-order valence-corrected chi connectivity index (χ1v) is 5.86. The molecule has 1 saturated heterocycles. The summed E-state index contributed by atoms with van der Waals surface area (Å²) < 4.78 is 0. The van der Waals surface area contributed by atoms with Crippen LogP contribution in [0.5, 0.6) is 0 Å².